The number of hydrogen-bond acceptors (Lipinski definition) is 4. The second-order valence-corrected chi connectivity index (χ2v) is 7.81. The zero-order chi connectivity index (χ0) is 13.9. The number of rotatable bonds is 5. The predicted octanol–water partition coefficient (Wildman–Crippen LogP) is 0.896. The van der Waals surface area contributed by atoms with Gasteiger partial charge in [0.2, 0.25) is 0 Å². The van der Waals surface area contributed by atoms with E-state index in [0.29, 0.717) is 19.5 Å². The standard InChI is InChI=1S/C14H22N2O2S/c1-14(7-8-19(17,18)11-14)16-10-13(9-15)12-5-3-2-4-6-12/h2-6,13,16H,7-11,15H2,1H3. The lowest BCUT2D eigenvalue weighted by Gasteiger charge is -2.27. The predicted molar refractivity (Wildman–Crippen MR) is 77.9 cm³/mol. The molecule has 1 aliphatic rings. The molecule has 3 N–H and O–H groups in total. The van der Waals surface area contributed by atoms with Crippen molar-refractivity contribution in [2.24, 2.45) is 5.73 Å². The van der Waals surface area contributed by atoms with Gasteiger partial charge < -0.3 is 11.1 Å². The van der Waals surface area contributed by atoms with E-state index in [2.05, 4.69) is 17.4 Å². The molecule has 1 aliphatic heterocycles. The molecule has 2 atom stereocenters. The third-order valence-electron chi connectivity index (χ3n) is 3.83. The summed E-state index contributed by atoms with van der Waals surface area (Å²) in [6, 6.07) is 10.1. The second-order valence-electron chi connectivity index (χ2n) is 5.63. The lowest BCUT2D eigenvalue weighted by Crippen LogP contribution is -2.46. The summed E-state index contributed by atoms with van der Waals surface area (Å²) in [5, 5.41) is 3.40. The summed E-state index contributed by atoms with van der Waals surface area (Å²) >= 11 is 0. The van der Waals surface area contributed by atoms with Gasteiger partial charge in [-0.15, -0.1) is 0 Å². The van der Waals surface area contributed by atoms with Crippen molar-refractivity contribution in [3.05, 3.63) is 35.9 Å². The molecule has 2 unspecified atom stereocenters. The Balaban J connectivity index is 1.98. The molecule has 1 fully saturated rings. The van der Waals surface area contributed by atoms with Crippen molar-refractivity contribution in [2.45, 2.75) is 24.8 Å². The van der Waals surface area contributed by atoms with Crippen molar-refractivity contribution in [1.29, 1.82) is 0 Å². The van der Waals surface area contributed by atoms with Crippen LogP contribution in [0.15, 0.2) is 30.3 Å². The molecule has 1 aromatic carbocycles. The molecule has 19 heavy (non-hydrogen) atoms. The highest BCUT2D eigenvalue weighted by Gasteiger charge is 2.38. The number of sulfone groups is 1. The van der Waals surface area contributed by atoms with Crippen LogP contribution in [0.25, 0.3) is 0 Å². The van der Waals surface area contributed by atoms with Gasteiger partial charge >= 0.3 is 0 Å². The molecule has 0 radical (unpaired) electrons. The van der Waals surface area contributed by atoms with Crippen molar-refractivity contribution in [3.8, 4) is 0 Å². The molecule has 1 saturated heterocycles. The van der Waals surface area contributed by atoms with E-state index in [1.54, 1.807) is 0 Å². The molecule has 0 bridgehead atoms. The van der Waals surface area contributed by atoms with E-state index in [1.165, 1.54) is 5.56 Å². The molecule has 2 rings (SSSR count). The maximum atomic E-state index is 11.6. The molecular weight excluding hydrogens is 260 g/mol. The second kappa shape index (κ2) is 5.61. The first-order chi connectivity index (χ1) is 8.94. The largest absolute Gasteiger partial charge is 0.330 e. The van der Waals surface area contributed by atoms with Gasteiger partial charge in [0.1, 0.15) is 0 Å². The van der Waals surface area contributed by atoms with Crippen molar-refractivity contribution in [3.63, 3.8) is 0 Å². The molecule has 0 saturated carbocycles. The number of nitrogens with one attached hydrogen (secondary N) is 1. The van der Waals surface area contributed by atoms with Gasteiger partial charge in [-0.3, -0.25) is 0 Å². The SMILES string of the molecule is CC1(NCC(CN)c2ccccc2)CCS(=O)(=O)C1. The van der Waals surface area contributed by atoms with Gasteiger partial charge in [-0.1, -0.05) is 30.3 Å². The van der Waals surface area contributed by atoms with Crippen LogP contribution in [-0.4, -0.2) is 38.6 Å². The average Bonchev–Trinajstić information content (AvgIpc) is 2.66. The van der Waals surface area contributed by atoms with Crippen LogP contribution in [0.2, 0.25) is 0 Å². The Morgan fingerprint density at radius 2 is 2.05 bits per heavy atom. The van der Waals surface area contributed by atoms with E-state index in [0.717, 1.165) is 0 Å². The van der Waals surface area contributed by atoms with Crippen molar-refractivity contribution < 1.29 is 8.42 Å². The van der Waals surface area contributed by atoms with Crippen molar-refractivity contribution >= 4 is 9.84 Å². The van der Waals surface area contributed by atoms with Crippen molar-refractivity contribution in [2.75, 3.05) is 24.6 Å². The summed E-state index contributed by atoms with van der Waals surface area (Å²) in [7, 11) is -2.87. The first-order valence-corrected chi connectivity index (χ1v) is 8.47. The summed E-state index contributed by atoms with van der Waals surface area (Å²) in [5.74, 6) is 0.739. The van der Waals surface area contributed by atoms with E-state index < -0.39 is 9.84 Å². The van der Waals surface area contributed by atoms with Crippen LogP contribution in [-0.2, 0) is 9.84 Å². The summed E-state index contributed by atoms with van der Waals surface area (Å²) in [4.78, 5) is 0. The zero-order valence-electron chi connectivity index (χ0n) is 11.3. The molecular formula is C14H22N2O2S. The quantitative estimate of drug-likeness (QED) is 0.841. The van der Waals surface area contributed by atoms with E-state index >= 15 is 0 Å². The summed E-state index contributed by atoms with van der Waals surface area (Å²) in [6.07, 6.45) is 0.682. The van der Waals surface area contributed by atoms with E-state index in [9.17, 15) is 8.42 Å². The topological polar surface area (TPSA) is 72.2 Å². The smallest absolute Gasteiger partial charge is 0.152 e. The van der Waals surface area contributed by atoms with Gasteiger partial charge in [0.25, 0.3) is 0 Å². The molecule has 0 amide bonds. The highest BCUT2D eigenvalue weighted by atomic mass is 32.2. The van der Waals surface area contributed by atoms with Gasteiger partial charge in [0.15, 0.2) is 9.84 Å². The Labute approximate surface area is 115 Å². The van der Waals surface area contributed by atoms with Crippen LogP contribution in [0.5, 0.6) is 0 Å². The molecule has 0 spiro atoms. The molecule has 4 nitrogen and oxygen atoms in total. The van der Waals surface area contributed by atoms with E-state index in [1.807, 2.05) is 25.1 Å². The van der Waals surface area contributed by atoms with Crippen LogP contribution >= 0.6 is 0 Å². The molecule has 5 heteroatoms. The van der Waals surface area contributed by atoms with E-state index in [-0.39, 0.29) is 23.0 Å². The van der Waals surface area contributed by atoms with Gasteiger partial charge in [-0.05, 0) is 18.9 Å². The normalized spacial score (nSPS) is 27.3. The van der Waals surface area contributed by atoms with Gasteiger partial charge in [0, 0.05) is 24.5 Å². The van der Waals surface area contributed by atoms with Crippen molar-refractivity contribution in [1.82, 2.24) is 5.32 Å². The number of nitrogens with two attached hydrogens (primary N) is 1. The lowest BCUT2D eigenvalue weighted by molar-refractivity contribution is 0.383. The minimum absolute atomic E-state index is 0.223. The molecule has 0 aromatic heterocycles. The Bertz CT molecular complexity index is 516. The Morgan fingerprint density at radius 3 is 2.58 bits per heavy atom. The minimum atomic E-state index is -2.87. The Kier molecular flexibility index (Phi) is 4.28. The van der Waals surface area contributed by atoms with Crippen LogP contribution in [0.3, 0.4) is 0 Å². The number of benzene rings is 1. The highest BCUT2D eigenvalue weighted by molar-refractivity contribution is 7.91. The zero-order valence-corrected chi connectivity index (χ0v) is 12.1. The Morgan fingerprint density at radius 1 is 1.37 bits per heavy atom. The summed E-state index contributed by atoms with van der Waals surface area (Å²) in [5.41, 5.74) is 6.72. The van der Waals surface area contributed by atoms with Gasteiger partial charge in [0.05, 0.1) is 11.5 Å². The summed E-state index contributed by atoms with van der Waals surface area (Å²) < 4.78 is 23.1. The van der Waals surface area contributed by atoms with E-state index in [4.69, 9.17) is 5.73 Å². The molecule has 106 valence electrons. The molecule has 1 heterocycles. The average molecular weight is 282 g/mol. The van der Waals surface area contributed by atoms with Gasteiger partial charge in [-0.25, -0.2) is 8.42 Å². The molecule has 1 aromatic rings. The molecule has 0 aliphatic carbocycles. The van der Waals surface area contributed by atoms with Crippen LogP contribution in [0.4, 0.5) is 0 Å². The van der Waals surface area contributed by atoms with Crippen LogP contribution in [0.1, 0.15) is 24.8 Å². The first kappa shape index (κ1) is 14.5. The fourth-order valence-corrected chi connectivity index (χ4v) is 4.70. The lowest BCUT2D eigenvalue weighted by atomic mass is 9.96. The monoisotopic (exact) mass is 282 g/mol. The van der Waals surface area contributed by atoms with Crippen LogP contribution in [0, 0.1) is 0 Å². The maximum absolute atomic E-state index is 11.6. The first-order valence-electron chi connectivity index (χ1n) is 6.65. The minimum Gasteiger partial charge on any atom is -0.330 e. The summed E-state index contributed by atoms with van der Waals surface area (Å²) in [6.45, 7) is 3.25. The van der Waals surface area contributed by atoms with Gasteiger partial charge in [-0.2, -0.15) is 0 Å². The highest BCUT2D eigenvalue weighted by Crippen LogP contribution is 2.24. The fraction of sp³-hybridized carbons (Fsp3) is 0.571. The fourth-order valence-electron chi connectivity index (χ4n) is 2.58. The van der Waals surface area contributed by atoms with Crippen LogP contribution < -0.4 is 11.1 Å². The number of hydrogen-bond donors (Lipinski definition) is 2. The third-order valence-corrected chi connectivity index (χ3v) is 5.74. The Hall–Kier alpha value is -0.910. The maximum Gasteiger partial charge on any atom is 0.152 e. The third kappa shape index (κ3) is 3.78.